The van der Waals surface area contributed by atoms with Gasteiger partial charge in [0.1, 0.15) is 17.5 Å². The second kappa shape index (κ2) is 5.02. The van der Waals surface area contributed by atoms with Crippen LogP contribution >= 0.6 is 0 Å². The zero-order valence-corrected chi connectivity index (χ0v) is 10.8. The van der Waals surface area contributed by atoms with E-state index in [9.17, 15) is 0 Å². The molecule has 0 radical (unpaired) electrons. The van der Waals surface area contributed by atoms with E-state index in [0.29, 0.717) is 17.4 Å². The number of nitrogens with one attached hydrogen (secondary N) is 1. The number of rotatable bonds is 4. The van der Waals surface area contributed by atoms with Gasteiger partial charge in [-0.05, 0) is 31.7 Å². The maximum absolute atomic E-state index is 8.76. The maximum atomic E-state index is 8.76. The van der Waals surface area contributed by atoms with Crippen molar-refractivity contribution in [2.45, 2.75) is 25.3 Å². The van der Waals surface area contributed by atoms with Crippen molar-refractivity contribution in [3.05, 3.63) is 11.8 Å². The minimum Gasteiger partial charge on any atom is -0.382 e. The van der Waals surface area contributed by atoms with Crippen molar-refractivity contribution in [3.8, 4) is 6.07 Å². The van der Waals surface area contributed by atoms with E-state index in [-0.39, 0.29) is 5.82 Å². The number of likely N-dealkylation sites (tertiary alicyclic amines) is 1. The topological polar surface area (TPSA) is 90.9 Å². The van der Waals surface area contributed by atoms with Gasteiger partial charge in [-0.2, -0.15) is 10.2 Å². The molecule has 0 spiro atoms. The van der Waals surface area contributed by atoms with E-state index in [2.05, 4.69) is 20.2 Å². The van der Waals surface area contributed by atoms with Crippen molar-refractivity contribution in [3.63, 3.8) is 0 Å². The molecule has 2 heterocycles. The Bertz CT molecular complexity index is 504. The third kappa shape index (κ3) is 2.76. The van der Waals surface area contributed by atoms with E-state index >= 15 is 0 Å². The van der Waals surface area contributed by atoms with Gasteiger partial charge >= 0.3 is 0 Å². The number of anilines is 2. The smallest absolute Gasteiger partial charge is 0.224 e. The number of nitrogens with two attached hydrogens (primary N) is 1. The lowest BCUT2D eigenvalue weighted by Gasteiger charge is -2.15. The van der Waals surface area contributed by atoms with Gasteiger partial charge in [0.2, 0.25) is 5.95 Å². The lowest BCUT2D eigenvalue weighted by molar-refractivity contribution is 0.316. The standard InChI is InChI=1S/C13H18N6/c14-5-10-7-17-13(18-12(10)15)16-6-9-3-4-19(8-9)11-1-2-11/h7,9,11H,1-4,6,8H2,(H3,15,16,17,18)/t9-/m1/s1. The lowest BCUT2D eigenvalue weighted by Crippen LogP contribution is -2.25. The molecule has 1 aromatic heterocycles. The van der Waals surface area contributed by atoms with Crippen molar-refractivity contribution in [2.24, 2.45) is 5.92 Å². The van der Waals surface area contributed by atoms with Crippen LogP contribution in [-0.4, -0.2) is 40.5 Å². The van der Waals surface area contributed by atoms with E-state index in [0.717, 1.165) is 12.6 Å². The maximum Gasteiger partial charge on any atom is 0.224 e. The second-order valence-electron chi connectivity index (χ2n) is 5.37. The van der Waals surface area contributed by atoms with Crippen molar-refractivity contribution in [1.29, 1.82) is 5.26 Å². The molecule has 1 aliphatic carbocycles. The van der Waals surface area contributed by atoms with E-state index in [1.54, 1.807) is 0 Å². The summed E-state index contributed by atoms with van der Waals surface area (Å²) in [5, 5.41) is 12.0. The Morgan fingerprint density at radius 1 is 1.47 bits per heavy atom. The van der Waals surface area contributed by atoms with Crippen molar-refractivity contribution in [2.75, 3.05) is 30.7 Å². The molecular weight excluding hydrogens is 240 g/mol. The largest absolute Gasteiger partial charge is 0.382 e. The SMILES string of the molecule is N#Cc1cnc(NC[C@H]2CCN(C3CC3)C2)nc1N. The number of hydrogen-bond acceptors (Lipinski definition) is 6. The molecular formula is C13H18N6. The highest BCUT2D eigenvalue weighted by Gasteiger charge is 2.34. The molecule has 0 amide bonds. The molecule has 3 N–H and O–H groups in total. The fraction of sp³-hybridized carbons (Fsp3) is 0.615. The van der Waals surface area contributed by atoms with Crippen LogP contribution in [0.25, 0.3) is 0 Å². The molecule has 1 aliphatic heterocycles. The predicted octanol–water partition coefficient (Wildman–Crippen LogP) is 0.827. The predicted molar refractivity (Wildman–Crippen MR) is 72.4 cm³/mol. The third-order valence-corrected chi connectivity index (χ3v) is 3.87. The van der Waals surface area contributed by atoms with Gasteiger partial charge in [-0.3, -0.25) is 0 Å². The molecule has 0 unspecified atom stereocenters. The summed E-state index contributed by atoms with van der Waals surface area (Å²) >= 11 is 0. The molecule has 6 heteroatoms. The quantitative estimate of drug-likeness (QED) is 0.831. The summed E-state index contributed by atoms with van der Waals surface area (Å²) in [6.07, 6.45) is 5.44. The molecule has 1 atom stereocenters. The molecule has 1 saturated heterocycles. The summed E-state index contributed by atoms with van der Waals surface area (Å²) < 4.78 is 0. The molecule has 2 aliphatic rings. The van der Waals surface area contributed by atoms with Gasteiger partial charge < -0.3 is 16.0 Å². The van der Waals surface area contributed by atoms with Crippen molar-refractivity contribution in [1.82, 2.24) is 14.9 Å². The summed E-state index contributed by atoms with van der Waals surface area (Å²) in [5.41, 5.74) is 5.99. The average Bonchev–Trinajstić information content (AvgIpc) is 3.16. The molecule has 0 bridgehead atoms. The molecule has 1 aromatic rings. The summed E-state index contributed by atoms with van der Waals surface area (Å²) in [7, 11) is 0. The van der Waals surface area contributed by atoms with E-state index in [4.69, 9.17) is 11.0 Å². The zero-order chi connectivity index (χ0) is 13.2. The average molecular weight is 258 g/mol. The Labute approximate surface area is 112 Å². The molecule has 1 saturated carbocycles. The van der Waals surface area contributed by atoms with Crippen LogP contribution in [0.15, 0.2) is 6.20 Å². The van der Waals surface area contributed by atoms with Crippen LogP contribution in [0.4, 0.5) is 11.8 Å². The Balaban J connectivity index is 1.52. The number of nitrogens with zero attached hydrogens (tertiary/aromatic N) is 4. The minimum absolute atomic E-state index is 0.242. The normalized spacial score (nSPS) is 23.2. The fourth-order valence-electron chi connectivity index (χ4n) is 2.60. The number of aromatic nitrogens is 2. The molecule has 0 aromatic carbocycles. The Morgan fingerprint density at radius 3 is 3.00 bits per heavy atom. The Kier molecular flexibility index (Phi) is 3.22. The number of hydrogen-bond donors (Lipinski definition) is 2. The first-order valence-corrected chi connectivity index (χ1v) is 6.77. The summed E-state index contributed by atoms with van der Waals surface area (Å²) in [6.45, 7) is 3.26. The van der Waals surface area contributed by atoms with Crippen LogP contribution in [0.1, 0.15) is 24.8 Å². The highest BCUT2D eigenvalue weighted by atomic mass is 15.2. The first kappa shape index (κ1) is 12.2. The molecule has 19 heavy (non-hydrogen) atoms. The zero-order valence-electron chi connectivity index (χ0n) is 10.8. The monoisotopic (exact) mass is 258 g/mol. The Morgan fingerprint density at radius 2 is 2.32 bits per heavy atom. The van der Waals surface area contributed by atoms with Crippen LogP contribution in [0.3, 0.4) is 0 Å². The van der Waals surface area contributed by atoms with Crippen LogP contribution in [0, 0.1) is 17.2 Å². The molecule has 100 valence electrons. The lowest BCUT2D eigenvalue weighted by atomic mass is 10.1. The van der Waals surface area contributed by atoms with Gasteiger partial charge in [0.15, 0.2) is 0 Å². The van der Waals surface area contributed by atoms with Gasteiger partial charge in [-0.25, -0.2) is 4.98 Å². The van der Waals surface area contributed by atoms with E-state index in [1.807, 2.05) is 6.07 Å². The summed E-state index contributed by atoms with van der Waals surface area (Å²) in [4.78, 5) is 10.8. The summed E-state index contributed by atoms with van der Waals surface area (Å²) in [5.74, 6) is 1.41. The third-order valence-electron chi connectivity index (χ3n) is 3.87. The van der Waals surface area contributed by atoms with Gasteiger partial charge in [0, 0.05) is 19.1 Å². The van der Waals surface area contributed by atoms with Crippen LogP contribution < -0.4 is 11.1 Å². The van der Waals surface area contributed by atoms with Gasteiger partial charge in [0.25, 0.3) is 0 Å². The van der Waals surface area contributed by atoms with Gasteiger partial charge in [-0.15, -0.1) is 0 Å². The first-order chi connectivity index (χ1) is 9.26. The fourth-order valence-corrected chi connectivity index (χ4v) is 2.60. The molecule has 6 nitrogen and oxygen atoms in total. The van der Waals surface area contributed by atoms with Crippen molar-refractivity contribution < 1.29 is 0 Å². The van der Waals surface area contributed by atoms with Crippen molar-refractivity contribution >= 4 is 11.8 Å². The van der Waals surface area contributed by atoms with Gasteiger partial charge in [0.05, 0.1) is 6.20 Å². The van der Waals surface area contributed by atoms with Crippen LogP contribution in [0.2, 0.25) is 0 Å². The molecule has 3 rings (SSSR count). The second-order valence-corrected chi connectivity index (χ2v) is 5.37. The number of nitriles is 1. The number of nitrogen functional groups attached to an aromatic ring is 1. The van der Waals surface area contributed by atoms with E-state index in [1.165, 1.54) is 38.5 Å². The van der Waals surface area contributed by atoms with E-state index < -0.39 is 0 Å². The summed E-state index contributed by atoms with van der Waals surface area (Å²) in [6, 6.07) is 2.81. The highest BCUT2D eigenvalue weighted by Crippen LogP contribution is 2.31. The molecule has 2 fully saturated rings. The van der Waals surface area contributed by atoms with Crippen LogP contribution in [0.5, 0.6) is 0 Å². The minimum atomic E-state index is 0.242. The Hall–Kier alpha value is -1.87. The van der Waals surface area contributed by atoms with Gasteiger partial charge in [-0.1, -0.05) is 0 Å². The first-order valence-electron chi connectivity index (χ1n) is 6.77. The highest BCUT2D eigenvalue weighted by molar-refractivity contribution is 5.49. The van der Waals surface area contributed by atoms with Crippen LogP contribution in [-0.2, 0) is 0 Å².